The van der Waals surface area contributed by atoms with Crippen LogP contribution in [0.4, 0.5) is 11.8 Å². The fourth-order valence-electron chi connectivity index (χ4n) is 3.31. The molecule has 0 amide bonds. The molecule has 0 atom stereocenters. The Kier molecular flexibility index (Phi) is 3.80. The third-order valence-electron chi connectivity index (χ3n) is 4.51. The minimum Gasteiger partial charge on any atom is -0.368 e. The number of rotatable bonds is 3. The zero-order valence-corrected chi connectivity index (χ0v) is 14.7. The van der Waals surface area contributed by atoms with Gasteiger partial charge in [-0.2, -0.15) is 4.98 Å². The summed E-state index contributed by atoms with van der Waals surface area (Å²) in [5.74, 6) is 1.10. The van der Waals surface area contributed by atoms with E-state index in [0.29, 0.717) is 12.0 Å². The molecule has 1 saturated carbocycles. The molecule has 3 N–H and O–H groups in total. The molecule has 3 aromatic heterocycles. The van der Waals surface area contributed by atoms with Crippen LogP contribution in [0.3, 0.4) is 0 Å². The molecule has 0 unspecified atom stereocenters. The van der Waals surface area contributed by atoms with E-state index in [0.717, 1.165) is 38.0 Å². The lowest BCUT2D eigenvalue weighted by molar-refractivity contribution is 0.750. The second-order valence-electron chi connectivity index (χ2n) is 6.28. The van der Waals surface area contributed by atoms with E-state index in [9.17, 15) is 0 Å². The highest BCUT2D eigenvalue weighted by Crippen LogP contribution is 2.37. The van der Waals surface area contributed by atoms with Gasteiger partial charge >= 0.3 is 0 Å². The molecule has 3 heterocycles. The lowest BCUT2D eigenvalue weighted by atomic mass is 10.2. The summed E-state index contributed by atoms with van der Waals surface area (Å²) in [6.07, 6.45) is 6.69. The van der Waals surface area contributed by atoms with Gasteiger partial charge in [0.15, 0.2) is 0 Å². The van der Waals surface area contributed by atoms with E-state index < -0.39 is 0 Å². The second kappa shape index (κ2) is 5.98. The van der Waals surface area contributed by atoms with E-state index in [4.69, 9.17) is 10.7 Å². The number of pyridine rings is 1. The minimum absolute atomic E-state index is 0.302. The van der Waals surface area contributed by atoms with E-state index in [2.05, 4.69) is 20.3 Å². The normalized spacial score (nSPS) is 15.2. The summed E-state index contributed by atoms with van der Waals surface area (Å²) in [5.41, 5.74) is 9.58. The van der Waals surface area contributed by atoms with Crippen molar-refractivity contribution in [2.75, 3.05) is 11.1 Å². The van der Waals surface area contributed by atoms with E-state index in [1.165, 1.54) is 25.7 Å². The first-order valence-electron chi connectivity index (χ1n) is 8.25. The quantitative estimate of drug-likeness (QED) is 0.755. The van der Waals surface area contributed by atoms with Crippen molar-refractivity contribution in [1.82, 2.24) is 19.9 Å². The molecule has 0 radical (unpaired) electrons. The zero-order chi connectivity index (χ0) is 16.7. The van der Waals surface area contributed by atoms with Crippen molar-refractivity contribution in [2.45, 2.75) is 45.6 Å². The maximum absolute atomic E-state index is 5.89. The van der Waals surface area contributed by atoms with E-state index in [-0.39, 0.29) is 0 Å². The number of nitrogen functional groups attached to an aromatic ring is 1. The Labute approximate surface area is 144 Å². The summed E-state index contributed by atoms with van der Waals surface area (Å²) in [6, 6.07) is 2.45. The fraction of sp³-hybridized carbons (Fsp3) is 0.412. The van der Waals surface area contributed by atoms with Crippen molar-refractivity contribution >= 4 is 33.3 Å². The Morgan fingerprint density at radius 1 is 1.12 bits per heavy atom. The molecule has 1 aliphatic carbocycles. The first-order valence-corrected chi connectivity index (χ1v) is 9.06. The second-order valence-corrected chi connectivity index (χ2v) is 7.31. The smallest absolute Gasteiger partial charge is 0.222 e. The number of aromatic nitrogens is 4. The highest BCUT2D eigenvalue weighted by atomic mass is 32.1. The van der Waals surface area contributed by atoms with Gasteiger partial charge in [-0.05, 0) is 32.8 Å². The molecule has 0 spiro atoms. The van der Waals surface area contributed by atoms with E-state index in [1.807, 2.05) is 26.1 Å². The molecular weight excluding hydrogens is 320 g/mol. The van der Waals surface area contributed by atoms with Gasteiger partial charge in [-0.25, -0.2) is 9.97 Å². The highest BCUT2D eigenvalue weighted by molar-refractivity contribution is 7.21. The van der Waals surface area contributed by atoms with Crippen LogP contribution >= 0.6 is 11.3 Å². The molecular formula is C17H20N6S. The molecule has 24 heavy (non-hydrogen) atoms. The number of hydrogen-bond donors (Lipinski definition) is 2. The number of nitrogens with zero attached hydrogens (tertiary/aromatic N) is 4. The van der Waals surface area contributed by atoms with Crippen molar-refractivity contribution in [2.24, 2.45) is 0 Å². The van der Waals surface area contributed by atoms with Gasteiger partial charge in [0, 0.05) is 12.2 Å². The molecule has 0 bridgehead atoms. The van der Waals surface area contributed by atoms with Crippen molar-refractivity contribution in [3.05, 3.63) is 23.7 Å². The minimum atomic E-state index is 0.302. The molecule has 6 nitrogen and oxygen atoms in total. The number of aryl methyl sites for hydroxylation is 2. The molecule has 1 fully saturated rings. The first-order chi connectivity index (χ1) is 11.6. The molecule has 1 aliphatic rings. The number of thiazole rings is 1. The van der Waals surface area contributed by atoms with Crippen molar-refractivity contribution < 1.29 is 0 Å². The maximum atomic E-state index is 5.89. The van der Waals surface area contributed by atoms with Gasteiger partial charge in [0.2, 0.25) is 5.95 Å². The number of fused-ring (bicyclic) bond motifs is 1. The van der Waals surface area contributed by atoms with Gasteiger partial charge in [-0.15, -0.1) is 11.3 Å². The molecule has 7 heteroatoms. The largest absolute Gasteiger partial charge is 0.368 e. The monoisotopic (exact) mass is 340 g/mol. The SMILES string of the molecule is Cc1nc(N)nc(NC2CCCC2)c1-c1nc2c(C)nccc2s1. The Morgan fingerprint density at radius 2 is 1.92 bits per heavy atom. The Morgan fingerprint density at radius 3 is 2.67 bits per heavy atom. The number of hydrogen-bond acceptors (Lipinski definition) is 7. The van der Waals surface area contributed by atoms with Gasteiger partial charge in [-0.1, -0.05) is 12.8 Å². The molecule has 0 saturated heterocycles. The molecule has 0 aromatic carbocycles. The Hall–Kier alpha value is -2.28. The van der Waals surface area contributed by atoms with Crippen LogP contribution < -0.4 is 11.1 Å². The van der Waals surface area contributed by atoms with Crippen LogP contribution in [0.25, 0.3) is 20.8 Å². The van der Waals surface area contributed by atoms with Crippen LogP contribution in [0.15, 0.2) is 12.3 Å². The Bertz CT molecular complexity index is 897. The summed E-state index contributed by atoms with van der Waals surface area (Å²) in [4.78, 5) is 18.0. The molecule has 4 rings (SSSR count). The first kappa shape index (κ1) is 15.3. The third-order valence-corrected chi connectivity index (χ3v) is 5.55. The van der Waals surface area contributed by atoms with Crippen LogP contribution in [0.2, 0.25) is 0 Å². The third kappa shape index (κ3) is 2.69. The summed E-state index contributed by atoms with van der Waals surface area (Å²) in [6.45, 7) is 3.94. The van der Waals surface area contributed by atoms with Crippen LogP contribution in [0, 0.1) is 13.8 Å². The van der Waals surface area contributed by atoms with Crippen LogP contribution in [-0.2, 0) is 0 Å². The highest BCUT2D eigenvalue weighted by Gasteiger charge is 2.21. The zero-order valence-electron chi connectivity index (χ0n) is 13.8. The summed E-state index contributed by atoms with van der Waals surface area (Å²) < 4.78 is 1.13. The van der Waals surface area contributed by atoms with Crippen molar-refractivity contribution in [3.63, 3.8) is 0 Å². The van der Waals surface area contributed by atoms with Crippen LogP contribution in [0.1, 0.15) is 37.1 Å². The maximum Gasteiger partial charge on any atom is 0.222 e. The molecule has 0 aliphatic heterocycles. The predicted molar refractivity (Wildman–Crippen MR) is 98.2 cm³/mol. The molecule has 3 aromatic rings. The average molecular weight is 340 g/mol. The fourth-order valence-corrected chi connectivity index (χ4v) is 4.42. The number of anilines is 2. The number of nitrogens with two attached hydrogens (primary N) is 1. The summed E-state index contributed by atoms with van der Waals surface area (Å²) in [5, 5.41) is 4.48. The topological polar surface area (TPSA) is 89.6 Å². The number of nitrogens with one attached hydrogen (secondary N) is 1. The summed E-state index contributed by atoms with van der Waals surface area (Å²) in [7, 11) is 0. The lowest BCUT2D eigenvalue weighted by Crippen LogP contribution is -2.17. The van der Waals surface area contributed by atoms with Gasteiger partial charge < -0.3 is 11.1 Å². The van der Waals surface area contributed by atoms with Crippen molar-refractivity contribution in [3.8, 4) is 10.6 Å². The predicted octanol–water partition coefficient (Wildman–Crippen LogP) is 3.70. The van der Waals surface area contributed by atoms with Gasteiger partial charge in [0.05, 0.1) is 21.7 Å². The van der Waals surface area contributed by atoms with Gasteiger partial charge in [0.25, 0.3) is 0 Å². The van der Waals surface area contributed by atoms with Gasteiger partial charge in [0.1, 0.15) is 16.3 Å². The standard InChI is InChI=1S/C17H20N6S/c1-9-13(16-22-14-10(2)19-8-7-12(14)24-16)15(23-17(18)20-9)21-11-5-3-4-6-11/h7-8,11H,3-6H2,1-2H3,(H3,18,20,21,23). The van der Waals surface area contributed by atoms with E-state index >= 15 is 0 Å². The Balaban J connectivity index is 1.84. The average Bonchev–Trinajstić information content (AvgIpc) is 3.16. The summed E-state index contributed by atoms with van der Waals surface area (Å²) >= 11 is 1.64. The van der Waals surface area contributed by atoms with Crippen LogP contribution in [-0.4, -0.2) is 26.0 Å². The lowest BCUT2D eigenvalue weighted by Gasteiger charge is -2.16. The van der Waals surface area contributed by atoms with E-state index in [1.54, 1.807) is 11.3 Å². The van der Waals surface area contributed by atoms with Crippen molar-refractivity contribution in [1.29, 1.82) is 0 Å². The van der Waals surface area contributed by atoms with Gasteiger partial charge in [-0.3, -0.25) is 4.98 Å². The molecule has 124 valence electrons. The van der Waals surface area contributed by atoms with Crippen LogP contribution in [0.5, 0.6) is 0 Å².